The lowest BCUT2D eigenvalue weighted by atomic mass is 10.1. The molecule has 1 aromatic heterocycles. The molecule has 126 valence electrons. The van der Waals surface area contributed by atoms with Gasteiger partial charge in [-0.1, -0.05) is 0 Å². The first kappa shape index (κ1) is 16.4. The molecular weight excluding hydrogens is 318 g/mol. The standard InChI is InChI=1S/C18H17N5O2/c1-21-10-17(24)22-11-2-4-12(5-3-11)25-13-6-7-16-14(8-13)15(9-19)18(20)23-16/h2-8,21,23H,10,20H2,1H3,(H,22,24). The number of aromatic nitrogens is 1. The van der Waals surface area contributed by atoms with Gasteiger partial charge in [0.1, 0.15) is 28.9 Å². The molecule has 0 aliphatic rings. The molecule has 0 radical (unpaired) electrons. The monoisotopic (exact) mass is 335 g/mol. The van der Waals surface area contributed by atoms with Crippen molar-refractivity contribution in [3.63, 3.8) is 0 Å². The Morgan fingerprint density at radius 1 is 1.24 bits per heavy atom. The summed E-state index contributed by atoms with van der Waals surface area (Å²) in [7, 11) is 1.71. The van der Waals surface area contributed by atoms with Crippen molar-refractivity contribution in [1.82, 2.24) is 10.3 Å². The van der Waals surface area contributed by atoms with Crippen LogP contribution in [0.15, 0.2) is 42.5 Å². The molecule has 0 spiro atoms. The van der Waals surface area contributed by atoms with Gasteiger partial charge in [0.25, 0.3) is 0 Å². The number of hydrogen-bond donors (Lipinski definition) is 4. The second-order valence-corrected chi connectivity index (χ2v) is 5.44. The van der Waals surface area contributed by atoms with Gasteiger partial charge in [-0.3, -0.25) is 4.79 Å². The van der Waals surface area contributed by atoms with E-state index in [0.717, 1.165) is 5.52 Å². The highest BCUT2D eigenvalue weighted by Crippen LogP contribution is 2.30. The van der Waals surface area contributed by atoms with Crippen LogP contribution in [0, 0.1) is 11.3 Å². The molecule has 3 rings (SSSR count). The Labute approximate surface area is 144 Å². The smallest absolute Gasteiger partial charge is 0.238 e. The van der Waals surface area contributed by atoms with Gasteiger partial charge in [-0.25, -0.2) is 0 Å². The number of carbonyl (C=O) groups is 1. The molecular formula is C18H17N5O2. The largest absolute Gasteiger partial charge is 0.457 e. The average Bonchev–Trinajstić information content (AvgIpc) is 2.91. The third kappa shape index (κ3) is 3.54. The molecule has 1 heterocycles. The maximum atomic E-state index is 11.5. The molecule has 7 heteroatoms. The fourth-order valence-electron chi connectivity index (χ4n) is 2.48. The van der Waals surface area contributed by atoms with Gasteiger partial charge in [-0.15, -0.1) is 0 Å². The normalized spacial score (nSPS) is 10.4. The number of rotatable bonds is 5. The van der Waals surface area contributed by atoms with Crippen molar-refractivity contribution in [3.8, 4) is 17.6 Å². The fraction of sp³-hybridized carbons (Fsp3) is 0.111. The number of aromatic amines is 1. The molecule has 3 aromatic rings. The lowest BCUT2D eigenvalue weighted by molar-refractivity contribution is -0.115. The van der Waals surface area contributed by atoms with E-state index in [0.29, 0.717) is 34.0 Å². The van der Waals surface area contributed by atoms with Gasteiger partial charge in [-0.2, -0.15) is 5.26 Å². The maximum Gasteiger partial charge on any atom is 0.238 e. The first-order valence-electron chi connectivity index (χ1n) is 7.64. The van der Waals surface area contributed by atoms with E-state index >= 15 is 0 Å². The quantitative estimate of drug-likeness (QED) is 0.572. The zero-order valence-electron chi connectivity index (χ0n) is 13.6. The summed E-state index contributed by atoms with van der Waals surface area (Å²) in [5, 5.41) is 15.5. The van der Waals surface area contributed by atoms with Crippen LogP contribution >= 0.6 is 0 Å². The summed E-state index contributed by atoms with van der Waals surface area (Å²) in [4.78, 5) is 14.5. The van der Waals surface area contributed by atoms with Crippen molar-refractivity contribution in [3.05, 3.63) is 48.0 Å². The molecule has 0 aliphatic heterocycles. The minimum absolute atomic E-state index is 0.115. The number of likely N-dealkylation sites (N-methyl/N-ethyl adjacent to an activating group) is 1. The van der Waals surface area contributed by atoms with Crippen LogP contribution in [0.4, 0.5) is 11.5 Å². The highest BCUT2D eigenvalue weighted by molar-refractivity contribution is 5.92. The van der Waals surface area contributed by atoms with Crippen LogP contribution in [0.3, 0.4) is 0 Å². The number of nitriles is 1. The number of nitrogens with one attached hydrogen (secondary N) is 3. The zero-order valence-corrected chi connectivity index (χ0v) is 13.6. The maximum absolute atomic E-state index is 11.5. The lowest BCUT2D eigenvalue weighted by Crippen LogP contribution is -2.24. The van der Waals surface area contributed by atoms with E-state index in [1.807, 2.05) is 6.07 Å². The van der Waals surface area contributed by atoms with E-state index < -0.39 is 0 Å². The summed E-state index contributed by atoms with van der Waals surface area (Å²) in [6.45, 7) is 0.249. The molecule has 0 saturated heterocycles. The Morgan fingerprint density at radius 2 is 1.96 bits per heavy atom. The Kier molecular flexibility index (Phi) is 4.55. The number of nitrogens with two attached hydrogens (primary N) is 1. The van der Waals surface area contributed by atoms with Gasteiger partial charge < -0.3 is 26.1 Å². The van der Waals surface area contributed by atoms with Crippen molar-refractivity contribution in [2.45, 2.75) is 0 Å². The minimum atomic E-state index is -0.115. The third-order valence-electron chi connectivity index (χ3n) is 3.62. The van der Waals surface area contributed by atoms with Gasteiger partial charge in [0.2, 0.25) is 5.91 Å². The third-order valence-corrected chi connectivity index (χ3v) is 3.62. The van der Waals surface area contributed by atoms with Gasteiger partial charge in [0.05, 0.1) is 6.54 Å². The summed E-state index contributed by atoms with van der Waals surface area (Å²) in [6, 6.07) is 14.5. The number of fused-ring (bicyclic) bond motifs is 1. The molecule has 0 unspecified atom stereocenters. The number of benzene rings is 2. The van der Waals surface area contributed by atoms with Gasteiger partial charge in [0.15, 0.2) is 0 Å². The van der Waals surface area contributed by atoms with Crippen LogP contribution in [0.1, 0.15) is 5.56 Å². The number of nitrogen functional groups attached to an aromatic ring is 1. The van der Waals surface area contributed by atoms with Crippen LogP contribution < -0.4 is 21.1 Å². The topological polar surface area (TPSA) is 116 Å². The number of hydrogen-bond acceptors (Lipinski definition) is 5. The van der Waals surface area contributed by atoms with Gasteiger partial charge in [0, 0.05) is 16.6 Å². The number of H-pyrrole nitrogens is 1. The number of ether oxygens (including phenoxy) is 1. The number of anilines is 2. The molecule has 1 amide bonds. The molecule has 0 saturated carbocycles. The molecule has 25 heavy (non-hydrogen) atoms. The predicted molar refractivity (Wildman–Crippen MR) is 96.5 cm³/mol. The first-order chi connectivity index (χ1) is 12.1. The van der Waals surface area contributed by atoms with Gasteiger partial charge >= 0.3 is 0 Å². The van der Waals surface area contributed by atoms with Crippen LogP contribution in [0.2, 0.25) is 0 Å². The van der Waals surface area contributed by atoms with E-state index in [1.165, 1.54) is 0 Å². The van der Waals surface area contributed by atoms with E-state index in [2.05, 4.69) is 21.7 Å². The Balaban J connectivity index is 1.77. The Morgan fingerprint density at radius 3 is 2.64 bits per heavy atom. The molecule has 0 aliphatic carbocycles. The number of carbonyl (C=O) groups excluding carboxylic acids is 1. The van der Waals surface area contributed by atoms with E-state index in [-0.39, 0.29) is 12.5 Å². The molecule has 7 nitrogen and oxygen atoms in total. The SMILES string of the molecule is CNCC(=O)Nc1ccc(Oc2ccc3[nH]c(N)c(C#N)c3c2)cc1. The second-order valence-electron chi connectivity index (χ2n) is 5.44. The van der Waals surface area contributed by atoms with E-state index in [4.69, 9.17) is 10.5 Å². The summed E-state index contributed by atoms with van der Waals surface area (Å²) in [6.07, 6.45) is 0. The van der Waals surface area contributed by atoms with Crippen LogP contribution in [-0.4, -0.2) is 24.5 Å². The molecule has 5 N–H and O–H groups in total. The van der Waals surface area contributed by atoms with Gasteiger partial charge in [-0.05, 0) is 49.5 Å². The van der Waals surface area contributed by atoms with E-state index in [9.17, 15) is 10.1 Å². The molecule has 0 fully saturated rings. The van der Waals surface area contributed by atoms with Crippen molar-refractivity contribution >= 4 is 28.3 Å². The van der Waals surface area contributed by atoms with Crippen LogP contribution in [-0.2, 0) is 4.79 Å². The summed E-state index contributed by atoms with van der Waals surface area (Å²) < 4.78 is 5.81. The zero-order chi connectivity index (χ0) is 17.8. The molecule has 0 atom stereocenters. The highest BCUT2D eigenvalue weighted by Gasteiger charge is 2.10. The first-order valence-corrected chi connectivity index (χ1v) is 7.64. The van der Waals surface area contributed by atoms with Crippen LogP contribution in [0.5, 0.6) is 11.5 Å². The number of amides is 1. The van der Waals surface area contributed by atoms with Crippen molar-refractivity contribution in [1.29, 1.82) is 5.26 Å². The van der Waals surface area contributed by atoms with E-state index in [1.54, 1.807) is 43.4 Å². The Bertz CT molecular complexity index is 954. The highest BCUT2D eigenvalue weighted by atomic mass is 16.5. The summed E-state index contributed by atoms with van der Waals surface area (Å²) >= 11 is 0. The summed E-state index contributed by atoms with van der Waals surface area (Å²) in [5.74, 6) is 1.44. The lowest BCUT2D eigenvalue weighted by Gasteiger charge is -2.08. The Hall–Kier alpha value is -3.50. The van der Waals surface area contributed by atoms with Crippen molar-refractivity contribution in [2.75, 3.05) is 24.6 Å². The molecule has 2 aromatic carbocycles. The predicted octanol–water partition coefficient (Wildman–Crippen LogP) is 2.57. The minimum Gasteiger partial charge on any atom is -0.457 e. The summed E-state index contributed by atoms with van der Waals surface area (Å²) in [5.41, 5.74) is 7.66. The number of nitrogens with zero attached hydrogens (tertiary/aromatic N) is 1. The van der Waals surface area contributed by atoms with Crippen molar-refractivity contribution in [2.24, 2.45) is 0 Å². The average molecular weight is 335 g/mol. The van der Waals surface area contributed by atoms with Crippen LogP contribution in [0.25, 0.3) is 10.9 Å². The van der Waals surface area contributed by atoms with Crippen molar-refractivity contribution < 1.29 is 9.53 Å². The molecule has 0 bridgehead atoms. The second kappa shape index (κ2) is 6.95. The fourth-order valence-corrected chi connectivity index (χ4v) is 2.48.